The molecule has 0 spiro atoms. The zero-order valence-electron chi connectivity index (χ0n) is 12.1. The second-order valence-electron chi connectivity index (χ2n) is 5.17. The average Bonchev–Trinajstić information content (AvgIpc) is 2.67. The van der Waals surface area contributed by atoms with Gasteiger partial charge in [-0.1, -0.05) is 7.43 Å². The molecule has 1 aromatic carbocycles. The summed E-state index contributed by atoms with van der Waals surface area (Å²) in [4.78, 5) is 20.0. The van der Waals surface area contributed by atoms with Crippen molar-refractivity contribution in [2.45, 2.75) is 13.8 Å². The number of phosphoric acid groups is 1. The highest BCUT2D eigenvalue weighted by Crippen LogP contribution is 2.42. The Hall–Kier alpha value is -1.40. The van der Waals surface area contributed by atoms with Crippen molar-refractivity contribution in [2.24, 2.45) is 7.05 Å². The number of halogens is 1. The summed E-state index contributed by atoms with van der Waals surface area (Å²) in [7, 11) is 0.819. The van der Waals surface area contributed by atoms with Gasteiger partial charge in [-0.3, -0.25) is 9.79 Å². The molecule has 1 aromatic heterocycles. The Kier molecular flexibility index (Phi) is 5.76. The minimum Gasteiger partial charge on any atom is -0.404 e. The molecule has 2 rings (SSSR count). The van der Waals surface area contributed by atoms with Crippen LogP contribution < -0.4 is 4.52 Å². The Morgan fingerprint density at radius 1 is 1.36 bits per heavy atom. The number of hydrogen-bond donors (Lipinski definition) is 2. The van der Waals surface area contributed by atoms with E-state index in [2.05, 4.69) is 0 Å². The molecule has 2 N–H and O–H groups in total. The standard InChI is InChI=1S/C13H18FN2O4P.CH4/c1-15(2)7-6-9-8-16(3)13-10(14)4-5-11(12(9)13)20-21(17,18)19;/h4-5,8H,6-7H2,1-3H3,(H2,17,18,19);1H4. The highest BCUT2D eigenvalue weighted by Gasteiger charge is 2.22. The third kappa shape index (κ3) is 4.08. The van der Waals surface area contributed by atoms with Gasteiger partial charge in [0.2, 0.25) is 0 Å². The summed E-state index contributed by atoms with van der Waals surface area (Å²) in [5.41, 5.74) is 1.05. The van der Waals surface area contributed by atoms with E-state index in [0.29, 0.717) is 11.8 Å². The minimum atomic E-state index is -4.70. The van der Waals surface area contributed by atoms with Crippen LogP contribution in [0.15, 0.2) is 18.3 Å². The third-order valence-electron chi connectivity index (χ3n) is 3.16. The van der Waals surface area contributed by atoms with Gasteiger partial charge < -0.3 is 14.0 Å². The van der Waals surface area contributed by atoms with Crippen molar-refractivity contribution in [3.63, 3.8) is 0 Å². The molecule has 0 atom stereocenters. The molecule has 0 fully saturated rings. The molecule has 0 aliphatic heterocycles. The molecular formula is C14H22FN2O4P. The quantitative estimate of drug-likeness (QED) is 0.823. The number of likely N-dealkylation sites (N-methyl/N-ethyl adjacent to an activating group) is 1. The van der Waals surface area contributed by atoms with Gasteiger partial charge in [0.25, 0.3) is 0 Å². The minimum absolute atomic E-state index is 0. The Labute approximate surface area is 129 Å². The lowest BCUT2D eigenvalue weighted by Crippen LogP contribution is -2.14. The molecular weight excluding hydrogens is 310 g/mol. The number of benzene rings is 1. The number of nitrogens with zero attached hydrogens (tertiary/aromatic N) is 2. The number of hydrogen-bond acceptors (Lipinski definition) is 3. The number of phosphoric ester groups is 1. The summed E-state index contributed by atoms with van der Waals surface area (Å²) < 4.78 is 31.4. The average molecular weight is 332 g/mol. The van der Waals surface area contributed by atoms with Crippen LogP contribution in [0.4, 0.5) is 4.39 Å². The summed E-state index contributed by atoms with van der Waals surface area (Å²) in [6, 6.07) is 2.39. The van der Waals surface area contributed by atoms with Crippen molar-refractivity contribution in [1.82, 2.24) is 9.47 Å². The highest BCUT2D eigenvalue weighted by atomic mass is 31.2. The Morgan fingerprint density at radius 2 is 2.00 bits per heavy atom. The molecule has 0 saturated heterocycles. The molecule has 8 heteroatoms. The van der Waals surface area contributed by atoms with Gasteiger partial charge in [0.15, 0.2) is 0 Å². The topological polar surface area (TPSA) is 74.9 Å². The van der Waals surface area contributed by atoms with Gasteiger partial charge in [-0.25, -0.2) is 8.96 Å². The van der Waals surface area contributed by atoms with Gasteiger partial charge in [0.05, 0.1) is 5.52 Å². The SMILES string of the molecule is C.CN(C)CCc1cn(C)c2c(F)ccc(OP(=O)(O)O)c12. The maximum Gasteiger partial charge on any atom is 0.524 e. The maximum absolute atomic E-state index is 14.0. The molecule has 6 nitrogen and oxygen atoms in total. The molecule has 0 amide bonds. The fourth-order valence-electron chi connectivity index (χ4n) is 2.30. The van der Waals surface area contributed by atoms with Crippen LogP contribution in [0.5, 0.6) is 5.75 Å². The van der Waals surface area contributed by atoms with Gasteiger partial charge in [-0.15, -0.1) is 0 Å². The van der Waals surface area contributed by atoms with E-state index in [9.17, 15) is 8.96 Å². The van der Waals surface area contributed by atoms with Crippen molar-refractivity contribution in [1.29, 1.82) is 0 Å². The third-order valence-corrected chi connectivity index (χ3v) is 3.59. The first kappa shape index (κ1) is 18.6. The number of rotatable bonds is 5. The number of aromatic nitrogens is 1. The maximum atomic E-state index is 14.0. The van der Waals surface area contributed by atoms with Crippen LogP contribution in [0.3, 0.4) is 0 Å². The monoisotopic (exact) mass is 332 g/mol. The van der Waals surface area contributed by atoms with Crippen molar-refractivity contribution in [2.75, 3.05) is 20.6 Å². The second kappa shape index (κ2) is 6.79. The lowest BCUT2D eigenvalue weighted by molar-refractivity contribution is 0.284. The molecule has 1 heterocycles. The summed E-state index contributed by atoms with van der Waals surface area (Å²) in [5.74, 6) is -0.462. The second-order valence-corrected chi connectivity index (χ2v) is 6.33. The van der Waals surface area contributed by atoms with Crippen molar-refractivity contribution >= 4 is 18.7 Å². The lowest BCUT2D eigenvalue weighted by Gasteiger charge is -2.11. The predicted molar refractivity (Wildman–Crippen MR) is 84.5 cm³/mol. The van der Waals surface area contributed by atoms with Crippen LogP contribution in [0.25, 0.3) is 10.9 Å². The van der Waals surface area contributed by atoms with Gasteiger partial charge in [-0.05, 0) is 38.2 Å². The first-order valence-corrected chi connectivity index (χ1v) is 7.88. The van der Waals surface area contributed by atoms with Gasteiger partial charge in [0, 0.05) is 25.2 Å². The van der Waals surface area contributed by atoms with Crippen LogP contribution in [-0.2, 0) is 18.0 Å². The molecule has 2 aromatic rings. The molecule has 124 valence electrons. The number of aryl methyl sites for hydroxylation is 1. The Bertz CT molecular complexity index is 708. The van der Waals surface area contributed by atoms with E-state index in [1.54, 1.807) is 17.8 Å². The van der Waals surface area contributed by atoms with Crippen LogP contribution >= 0.6 is 7.82 Å². The lowest BCUT2D eigenvalue weighted by atomic mass is 10.1. The van der Waals surface area contributed by atoms with E-state index >= 15 is 0 Å². The highest BCUT2D eigenvalue weighted by molar-refractivity contribution is 7.46. The first-order chi connectivity index (χ1) is 9.69. The molecule has 22 heavy (non-hydrogen) atoms. The van der Waals surface area contributed by atoms with Crippen molar-refractivity contribution in [3.05, 3.63) is 29.7 Å². The largest absolute Gasteiger partial charge is 0.524 e. The van der Waals surface area contributed by atoms with E-state index in [4.69, 9.17) is 14.3 Å². The first-order valence-electron chi connectivity index (χ1n) is 6.35. The molecule has 0 unspecified atom stereocenters. The van der Waals surface area contributed by atoms with E-state index in [1.807, 2.05) is 19.0 Å². The summed E-state index contributed by atoms with van der Waals surface area (Å²) in [5, 5.41) is 0.405. The number of fused-ring (bicyclic) bond motifs is 1. The van der Waals surface area contributed by atoms with Crippen LogP contribution in [-0.4, -0.2) is 39.9 Å². The zero-order chi connectivity index (χ0) is 15.8. The van der Waals surface area contributed by atoms with Crippen LogP contribution in [0.2, 0.25) is 0 Å². The molecule has 0 aliphatic carbocycles. The molecule has 0 saturated carbocycles. The van der Waals surface area contributed by atoms with Gasteiger partial charge >= 0.3 is 7.82 Å². The predicted octanol–water partition coefficient (Wildman–Crippen LogP) is 2.53. The fourth-order valence-corrected chi connectivity index (χ4v) is 2.71. The molecule has 0 bridgehead atoms. The summed E-state index contributed by atoms with van der Waals surface area (Å²) in [6.45, 7) is 0.727. The van der Waals surface area contributed by atoms with Crippen molar-refractivity contribution < 1.29 is 23.3 Å². The van der Waals surface area contributed by atoms with Crippen LogP contribution in [0, 0.1) is 5.82 Å². The van der Waals surface area contributed by atoms with Gasteiger partial charge in [0.1, 0.15) is 11.6 Å². The van der Waals surface area contributed by atoms with E-state index < -0.39 is 13.6 Å². The summed E-state index contributed by atoms with van der Waals surface area (Å²) in [6.07, 6.45) is 2.37. The zero-order valence-corrected chi connectivity index (χ0v) is 13.0. The Balaban J connectivity index is 0.00000242. The van der Waals surface area contributed by atoms with E-state index in [1.165, 1.54) is 6.07 Å². The van der Waals surface area contributed by atoms with Crippen LogP contribution in [0.1, 0.15) is 13.0 Å². The van der Waals surface area contributed by atoms with E-state index in [0.717, 1.165) is 18.2 Å². The van der Waals surface area contributed by atoms with E-state index in [-0.39, 0.29) is 18.7 Å². The summed E-state index contributed by atoms with van der Waals surface area (Å²) >= 11 is 0. The molecule has 0 aliphatic rings. The Morgan fingerprint density at radius 3 is 2.55 bits per heavy atom. The van der Waals surface area contributed by atoms with Crippen molar-refractivity contribution in [3.8, 4) is 5.75 Å². The van der Waals surface area contributed by atoms with Gasteiger partial charge in [-0.2, -0.15) is 0 Å². The fraction of sp³-hybridized carbons (Fsp3) is 0.429. The normalized spacial score (nSPS) is 11.8. The molecule has 0 radical (unpaired) electrons. The smallest absolute Gasteiger partial charge is 0.404 e.